The Labute approximate surface area is 119 Å². The minimum absolute atomic E-state index is 0.150. The molecule has 1 fully saturated rings. The Kier molecular flexibility index (Phi) is 5.08. The standard InChI is InChI=1S/C15H20N4O/c1-2-7-19-8-5-13(6-9-19)18-15(20)14-4-3-12(10-16)11-17-14/h3-4,11,13H,2,5-9H2,1H3,(H,18,20). The first-order chi connectivity index (χ1) is 9.72. The Balaban J connectivity index is 1.84. The molecule has 1 aliphatic heterocycles. The molecular formula is C15H20N4O. The second kappa shape index (κ2) is 7.01. The van der Waals surface area contributed by atoms with E-state index >= 15 is 0 Å². The zero-order valence-electron chi connectivity index (χ0n) is 11.8. The van der Waals surface area contributed by atoms with Crippen LogP contribution in [-0.2, 0) is 0 Å². The summed E-state index contributed by atoms with van der Waals surface area (Å²) in [4.78, 5) is 18.5. The summed E-state index contributed by atoms with van der Waals surface area (Å²) in [6, 6.07) is 5.44. The van der Waals surface area contributed by atoms with Gasteiger partial charge in [0.05, 0.1) is 5.56 Å². The molecule has 5 nitrogen and oxygen atoms in total. The molecule has 0 aliphatic carbocycles. The number of hydrogen-bond donors (Lipinski definition) is 1. The maximum Gasteiger partial charge on any atom is 0.270 e. The molecule has 20 heavy (non-hydrogen) atoms. The van der Waals surface area contributed by atoms with Crippen molar-refractivity contribution >= 4 is 5.91 Å². The van der Waals surface area contributed by atoms with E-state index < -0.39 is 0 Å². The number of nitrogens with zero attached hydrogens (tertiary/aromatic N) is 3. The highest BCUT2D eigenvalue weighted by Crippen LogP contribution is 2.11. The Morgan fingerprint density at radius 2 is 2.25 bits per heavy atom. The van der Waals surface area contributed by atoms with Gasteiger partial charge < -0.3 is 10.2 Å². The summed E-state index contributed by atoms with van der Waals surface area (Å²) in [5.74, 6) is -0.150. The normalized spacial score (nSPS) is 16.6. The van der Waals surface area contributed by atoms with Gasteiger partial charge in [-0.05, 0) is 37.9 Å². The van der Waals surface area contributed by atoms with E-state index in [1.165, 1.54) is 12.6 Å². The zero-order valence-corrected chi connectivity index (χ0v) is 11.8. The molecule has 5 heteroatoms. The molecule has 0 spiro atoms. The van der Waals surface area contributed by atoms with Gasteiger partial charge in [-0.3, -0.25) is 4.79 Å². The molecule has 1 amide bonds. The second-order valence-corrected chi connectivity index (χ2v) is 5.13. The number of nitrogens with one attached hydrogen (secondary N) is 1. The largest absolute Gasteiger partial charge is 0.348 e. The number of piperidine rings is 1. The Hall–Kier alpha value is -1.93. The molecule has 0 radical (unpaired) electrons. The van der Waals surface area contributed by atoms with Crippen LogP contribution in [0.4, 0.5) is 0 Å². The van der Waals surface area contributed by atoms with E-state index in [4.69, 9.17) is 5.26 Å². The third-order valence-electron chi connectivity index (χ3n) is 3.59. The van der Waals surface area contributed by atoms with Crippen molar-refractivity contribution in [2.24, 2.45) is 0 Å². The summed E-state index contributed by atoms with van der Waals surface area (Å²) >= 11 is 0. The van der Waals surface area contributed by atoms with Crippen LogP contribution in [0.5, 0.6) is 0 Å². The van der Waals surface area contributed by atoms with Crippen LogP contribution in [0.25, 0.3) is 0 Å². The van der Waals surface area contributed by atoms with Crippen LogP contribution >= 0.6 is 0 Å². The molecule has 2 rings (SSSR count). The third kappa shape index (κ3) is 3.78. The van der Waals surface area contributed by atoms with E-state index in [0.29, 0.717) is 11.3 Å². The summed E-state index contributed by atoms with van der Waals surface area (Å²) in [6.45, 7) is 5.40. The first kappa shape index (κ1) is 14.5. The topological polar surface area (TPSA) is 69.0 Å². The molecule has 1 N–H and O–H groups in total. The van der Waals surface area contributed by atoms with Crippen LogP contribution in [0.2, 0.25) is 0 Å². The SMILES string of the molecule is CCCN1CCC(NC(=O)c2ccc(C#N)cn2)CC1. The predicted octanol–water partition coefficient (Wildman–Crippen LogP) is 1.56. The van der Waals surface area contributed by atoms with Gasteiger partial charge in [-0.25, -0.2) is 4.98 Å². The fraction of sp³-hybridized carbons (Fsp3) is 0.533. The summed E-state index contributed by atoms with van der Waals surface area (Å²) in [5.41, 5.74) is 0.842. The number of likely N-dealkylation sites (tertiary alicyclic amines) is 1. The number of carbonyl (C=O) groups excluding carboxylic acids is 1. The van der Waals surface area contributed by atoms with Crippen molar-refractivity contribution < 1.29 is 4.79 Å². The van der Waals surface area contributed by atoms with Gasteiger partial charge in [0, 0.05) is 25.3 Å². The lowest BCUT2D eigenvalue weighted by Gasteiger charge is -2.31. The summed E-state index contributed by atoms with van der Waals surface area (Å²) < 4.78 is 0. The monoisotopic (exact) mass is 272 g/mol. The summed E-state index contributed by atoms with van der Waals surface area (Å²) in [6.07, 6.45) is 4.58. The maximum atomic E-state index is 12.0. The average molecular weight is 272 g/mol. The lowest BCUT2D eigenvalue weighted by molar-refractivity contribution is 0.0906. The van der Waals surface area contributed by atoms with Gasteiger partial charge in [-0.15, -0.1) is 0 Å². The van der Waals surface area contributed by atoms with E-state index in [1.54, 1.807) is 12.1 Å². The molecule has 0 unspecified atom stereocenters. The molecule has 1 aromatic heterocycles. The quantitative estimate of drug-likeness (QED) is 0.903. The van der Waals surface area contributed by atoms with Crippen molar-refractivity contribution in [1.82, 2.24) is 15.2 Å². The maximum absolute atomic E-state index is 12.0. The van der Waals surface area contributed by atoms with Crippen molar-refractivity contribution in [1.29, 1.82) is 5.26 Å². The number of pyridine rings is 1. The number of hydrogen-bond acceptors (Lipinski definition) is 4. The molecular weight excluding hydrogens is 252 g/mol. The van der Waals surface area contributed by atoms with Gasteiger partial charge in [0.1, 0.15) is 11.8 Å². The molecule has 1 saturated heterocycles. The molecule has 1 aromatic rings. The Morgan fingerprint density at radius 3 is 2.80 bits per heavy atom. The summed E-state index contributed by atoms with van der Waals surface area (Å²) in [5, 5.41) is 11.7. The summed E-state index contributed by atoms with van der Waals surface area (Å²) in [7, 11) is 0. The lowest BCUT2D eigenvalue weighted by Crippen LogP contribution is -2.44. The van der Waals surface area contributed by atoms with Gasteiger partial charge in [0.2, 0.25) is 0 Å². The highest BCUT2D eigenvalue weighted by atomic mass is 16.1. The fourth-order valence-electron chi connectivity index (χ4n) is 2.47. The van der Waals surface area contributed by atoms with Crippen molar-refractivity contribution in [3.8, 4) is 6.07 Å². The minimum atomic E-state index is -0.150. The molecule has 106 valence electrons. The predicted molar refractivity (Wildman–Crippen MR) is 76.2 cm³/mol. The van der Waals surface area contributed by atoms with Crippen molar-refractivity contribution in [3.05, 3.63) is 29.6 Å². The van der Waals surface area contributed by atoms with Gasteiger partial charge >= 0.3 is 0 Å². The number of amides is 1. The van der Waals surface area contributed by atoms with Crippen LogP contribution < -0.4 is 5.32 Å². The van der Waals surface area contributed by atoms with Crippen LogP contribution in [-0.4, -0.2) is 41.5 Å². The van der Waals surface area contributed by atoms with Gasteiger partial charge in [-0.1, -0.05) is 6.92 Å². The number of rotatable bonds is 4. The molecule has 0 bridgehead atoms. The minimum Gasteiger partial charge on any atom is -0.348 e. The Bertz CT molecular complexity index is 484. The second-order valence-electron chi connectivity index (χ2n) is 5.13. The van der Waals surface area contributed by atoms with Gasteiger partial charge in [-0.2, -0.15) is 5.26 Å². The first-order valence-electron chi connectivity index (χ1n) is 7.12. The van der Waals surface area contributed by atoms with E-state index in [-0.39, 0.29) is 11.9 Å². The number of nitriles is 1. The zero-order chi connectivity index (χ0) is 14.4. The average Bonchev–Trinajstić information content (AvgIpc) is 2.49. The van der Waals surface area contributed by atoms with Gasteiger partial charge in [0.15, 0.2) is 0 Å². The number of carbonyl (C=O) groups is 1. The molecule has 0 atom stereocenters. The fourth-order valence-corrected chi connectivity index (χ4v) is 2.47. The van der Waals surface area contributed by atoms with Crippen LogP contribution in [0.1, 0.15) is 42.2 Å². The van der Waals surface area contributed by atoms with Crippen LogP contribution in [0.3, 0.4) is 0 Å². The van der Waals surface area contributed by atoms with Crippen LogP contribution in [0.15, 0.2) is 18.3 Å². The lowest BCUT2D eigenvalue weighted by atomic mass is 10.0. The Morgan fingerprint density at radius 1 is 1.50 bits per heavy atom. The van der Waals surface area contributed by atoms with Crippen molar-refractivity contribution in [2.75, 3.05) is 19.6 Å². The van der Waals surface area contributed by atoms with E-state index in [0.717, 1.165) is 32.5 Å². The van der Waals surface area contributed by atoms with E-state index in [1.807, 2.05) is 6.07 Å². The molecule has 0 saturated carbocycles. The van der Waals surface area contributed by atoms with Crippen molar-refractivity contribution in [2.45, 2.75) is 32.2 Å². The van der Waals surface area contributed by atoms with Crippen LogP contribution in [0, 0.1) is 11.3 Å². The number of aromatic nitrogens is 1. The molecule has 1 aliphatic rings. The molecule has 2 heterocycles. The molecule has 0 aromatic carbocycles. The highest BCUT2D eigenvalue weighted by Gasteiger charge is 2.20. The first-order valence-corrected chi connectivity index (χ1v) is 7.12. The van der Waals surface area contributed by atoms with Gasteiger partial charge in [0.25, 0.3) is 5.91 Å². The van der Waals surface area contributed by atoms with E-state index in [9.17, 15) is 4.79 Å². The van der Waals surface area contributed by atoms with Crippen molar-refractivity contribution in [3.63, 3.8) is 0 Å². The smallest absolute Gasteiger partial charge is 0.270 e. The van der Waals surface area contributed by atoms with E-state index in [2.05, 4.69) is 22.1 Å². The third-order valence-corrected chi connectivity index (χ3v) is 3.59. The highest BCUT2D eigenvalue weighted by molar-refractivity contribution is 5.92.